The summed E-state index contributed by atoms with van der Waals surface area (Å²) in [4.78, 5) is 8.71. The van der Waals surface area contributed by atoms with Crippen molar-refractivity contribution >= 4 is 0 Å². The third kappa shape index (κ3) is 3.67. The van der Waals surface area contributed by atoms with Crippen molar-refractivity contribution in [3.8, 4) is 0 Å². The second-order valence-electron chi connectivity index (χ2n) is 4.64. The fraction of sp³-hybridized carbons (Fsp3) is 0.429. The highest BCUT2D eigenvalue weighted by atomic mass is 15.1. The lowest BCUT2D eigenvalue weighted by Gasteiger charge is -2.10. The number of aryl methyl sites for hydroxylation is 2. The monoisotopic (exact) mass is 244 g/mol. The molecular formula is C14H20N4. The molecule has 0 aromatic carbocycles. The van der Waals surface area contributed by atoms with Crippen LogP contribution in [-0.2, 0) is 19.5 Å². The van der Waals surface area contributed by atoms with Crippen LogP contribution in [0.2, 0.25) is 0 Å². The van der Waals surface area contributed by atoms with Gasteiger partial charge in [0.1, 0.15) is 5.82 Å². The Kier molecular flexibility index (Phi) is 4.47. The van der Waals surface area contributed by atoms with E-state index in [-0.39, 0.29) is 0 Å². The Morgan fingerprint density at radius 3 is 2.83 bits per heavy atom. The average Bonchev–Trinajstić information content (AvgIpc) is 2.82. The topological polar surface area (TPSA) is 42.7 Å². The van der Waals surface area contributed by atoms with E-state index in [1.807, 2.05) is 30.7 Å². The molecule has 0 aliphatic heterocycles. The Morgan fingerprint density at radius 1 is 1.22 bits per heavy atom. The highest BCUT2D eigenvalue weighted by molar-refractivity contribution is 5.04. The molecule has 0 aliphatic carbocycles. The summed E-state index contributed by atoms with van der Waals surface area (Å²) in [5.74, 6) is 1.08. The molecule has 96 valence electrons. The van der Waals surface area contributed by atoms with E-state index < -0.39 is 0 Å². The van der Waals surface area contributed by atoms with Gasteiger partial charge in [0.15, 0.2) is 0 Å². The molecule has 0 saturated carbocycles. The summed E-state index contributed by atoms with van der Waals surface area (Å²) < 4.78 is 2.18. The molecule has 0 radical (unpaired) electrons. The van der Waals surface area contributed by atoms with Crippen molar-refractivity contribution in [1.29, 1.82) is 0 Å². The lowest BCUT2D eigenvalue weighted by atomic mass is 10.2. The SMILES string of the molecule is CC(C)NCc1nccn1CCc1ccccn1. The predicted octanol–water partition coefficient (Wildman–Crippen LogP) is 2.02. The second kappa shape index (κ2) is 6.31. The third-order valence-corrected chi connectivity index (χ3v) is 2.81. The van der Waals surface area contributed by atoms with Gasteiger partial charge in [0.05, 0.1) is 6.54 Å². The fourth-order valence-corrected chi connectivity index (χ4v) is 1.79. The van der Waals surface area contributed by atoms with Gasteiger partial charge in [0, 0.05) is 43.3 Å². The Balaban J connectivity index is 1.91. The molecule has 0 spiro atoms. The maximum atomic E-state index is 4.38. The van der Waals surface area contributed by atoms with Gasteiger partial charge in [-0.2, -0.15) is 0 Å². The van der Waals surface area contributed by atoms with E-state index in [0.717, 1.165) is 31.0 Å². The van der Waals surface area contributed by atoms with Gasteiger partial charge < -0.3 is 9.88 Å². The molecule has 0 amide bonds. The van der Waals surface area contributed by atoms with E-state index in [4.69, 9.17) is 0 Å². The number of hydrogen-bond acceptors (Lipinski definition) is 3. The first-order chi connectivity index (χ1) is 8.75. The van der Waals surface area contributed by atoms with E-state index in [1.54, 1.807) is 0 Å². The largest absolute Gasteiger partial charge is 0.333 e. The number of rotatable bonds is 6. The molecule has 0 saturated heterocycles. The summed E-state index contributed by atoms with van der Waals surface area (Å²) in [6.45, 7) is 6.02. The van der Waals surface area contributed by atoms with E-state index in [2.05, 4.69) is 39.8 Å². The zero-order chi connectivity index (χ0) is 12.8. The predicted molar refractivity (Wildman–Crippen MR) is 72.1 cm³/mol. The van der Waals surface area contributed by atoms with Crippen molar-refractivity contribution in [1.82, 2.24) is 19.9 Å². The van der Waals surface area contributed by atoms with Crippen LogP contribution < -0.4 is 5.32 Å². The summed E-state index contributed by atoms with van der Waals surface area (Å²) in [5, 5.41) is 3.39. The molecule has 2 rings (SSSR count). The number of aromatic nitrogens is 3. The molecule has 0 bridgehead atoms. The molecule has 4 heteroatoms. The summed E-state index contributed by atoms with van der Waals surface area (Å²) in [7, 11) is 0. The minimum Gasteiger partial charge on any atom is -0.333 e. The highest BCUT2D eigenvalue weighted by Crippen LogP contribution is 2.02. The molecule has 1 N–H and O–H groups in total. The Labute approximate surface area is 108 Å². The minimum absolute atomic E-state index is 0.478. The van der Waals surface area contributed by atoms with Crippen LogP contribution in [0.4, 0.5) is 0 Å². The zero-order valence-electron chi connectivity index (χ0n) is 11.0. The standard InChI is InChI=1S/C14H20N4/c1-12(2)17-11-14-16-8-10-18(14)9-6-13-5-3-4-7-15-13/h3-5,7-8,10,12,17H,6,9,11H2,1-2H3. The summed E-state index contributed by atoms with van der Waals surface area (Å²) in [5.41, 5.74) is 1.12. The lowest BCUT2D eigenvalue weighted by molar-refractivity contribution is 0.543. The van der Waals surface area contributed by atoms with E-state index >= 15 is 0 Å². The Hall–Kier alpha value is -1.68. The fourth-order valence-electron chi connectivity index (χ4n) is 1.79. The van der Waals surface area contributed by atoms with Crippen LogP contribution in [0.25, 0.3) is 0 Å². The first kappa shape index (κ1) is 12.8. The molecule has 2 aromatic heterocycles. The maximum absolute atomic E-state index is 4.38. The third-order valence-electron chi connectivity index (χ3n) is 2.81. The van der Waals surface area contributed by atoms with Crippen molar-refractivity contribution in [2.75, 3.05) is 0 Å². The number of hydrogen-bond donors (Lipinski definition) is 1. The van der Waals surface area contributed by atoms with Crippen LogP contribution in [0.3, 0.4) is 0 Å². The van der Waals surface area contributed by atoms with E-state index in [1.165, 1.54) is 0 Å². The molecule has 2 aromatic rings. The maximum Gasteiger partial charge on any atom is 0.122 e. The summed E-state index contributed by atoms with van der Waals surface area (Å²) in [6, 6.07) is 6.50. The highest BCUT2D eigenvalue weighted by Gasteiger charge is 2.03. The van der Waals surface area contributed by atoms with Gasteiger partial charge >= 0.3 is 0 Å². The van der Waals surface area contributed by atoms with Crippen LogP contribution in [0.15, 0.2) is 36.8 Å². The van der Waals surface area contributed by atoms with Crippen molar-refractivity contribution < 1.29 is 0 Å². The van der Waals surface area contributed by atoms with Gasteiger partial charge in [0.25, 0.3) is 0 Å². The first-order valence-electron chi connectivity index (χ1n) is 6.39. The van der Waals surface area contributed by atoms with Crippen LogP contribution in [0, 0.1) is 0 Å². The number of nitrogens with zero attached hydrogens (tertiary/aromatic N) is 3. The van der Waals surface area contributed by atoms with Gasteiger partial charge in [-0.25, -0.2) is 4.98 Å². The van der Waals surface area contributed by atoms with Crippen molar-refractivity contribution in [3.63, 3.8) is 0 Å². The Bertz CT molecular complexity index is 462. The quantitative estimate of drug-likeness (QED) is 0.845. The van der Waals surface area contributed by atoms with Crippen LogP contribution >= 0.6 is 0 Å². The average molecular weight is 244 g/mol. The summed E-state index contributed by atoms with van der Waals surface area (Å²) >= 11 is 0. The normalized spacial score (nSPS) is 11.1. The van der Waals surface area contributed by atoms with Crippen LogP contribution in [-0.4, -0.2) is 20.6 Å². The van der Waals surface area contributed by atoms with Crippen molar-refractivity contribution in [2.45, 2.75) is 39.4 Å². The molecule has 18 heavy (non-hydrogen) atoms. The van der Waals surface area contributed by atoms with Crippen LogP contribution in [0.1, 0.15) is 25.4 Å². The molecular weight excluding hydrogens is 224 g/mol. The number of imidazole rings is 1. The molecule has 0 aliphatic rings. The molecule has 0 fully saturated rings. The van der Waals surface area contributed by atoms with Crippen LogP contribution in [0.5, 0.6) is 0 Å². The molecule has 0 unspecified atom stereocenters. The summed E-state index contributed by atoms with van der Waals surface area (Å²) in [6.07, 6.45) is 6.66. The molecule has 2 heterocycles. The first-order valence-corrected chi connectivity index (χ1v) is 6.39. The van der Waals surface area contributed by atoms with Crippen molar-refractivity contribution in [3.05, 3.63) is 48.3 Å². The Morgan fingerprint density at radius 2 is 2.11 bits per heavy atom. The van der Waals surface area contributed by atoms with Gasteiger partial charge in [0.2, 0.25) is 0 Å². The van der Waals surface area contributed by atoms with Gasteiger partial charge in [-0.3, -0.25) is 4.98 Å². The molecule has 0 atom stereocenters. The van der Waals surface area contributed by atoms with Gasteiger partial charge in [-0.1, -0.05) is 19.9 Å². The smallest absolute Gasteiger partial charge is 0.122 e. The van der Waals surface area contributed by atoms with Crippen molar-refractivity contribution in [2.24, 2.45) is 0 Å². The zero-order valence-corrected chi connectivity index (χ0v) is 11.0. The molecule has 4 nitrogen and oxygen atoms in total. The number of pyridine rings is 1. The van der Waals surface area contributed by atoms with Gasteiger partial charge in [-0.15, -0.1) is 0 Å². The minimum atomic E-state index is 0.478. The second-order valence-corrected chi connectivity index (χ2v) is 4.64. The lowest BCUT2D eigenvalue weighted by Crippen LogP contribution is -2.24. The van der Waals surface area contributed by atoms with Gasteiger partial charge in [-0.05, 0) is 12.1 Å². The van der Waals surface area contributed by atoms with E-state index in [0.29, 0.717) is 6.04 Å². The number of nitrogens with one attached hydrogen (secondary N) is 1. The van der Waals surface area contributed by atoms with E-state index in [9.17, 15) is 0 Å².